The molecule has 0 spiro atoms. The first-order valence-corrected chi connectivity index (χ1v) is 10.1. The number of hydrogen-bond donors (Lipinski definition) is 1. The zero-order valence-electron chi connectivity index (χ0n) is 15.3. The molecule has 2 heteroatoms. The van der Waals surface area contributed by atoms with Gasteiger partial charge in [-0.1, -0.05) is 94.2 Å². The van der Waals surface area contributed by atoms with Crippen LogP contribution < -0.4 is 5.32 Å². The van der Waals surface area contributed by atoms with Crippen LogP contribution in [0.2, 0.25) is 0 Å². The third-order valence-corrected chi connectivity index (χ3v) is 5.47. The Morgan fingerprint density at radius 2 is 1.28 bits per heavy atom. The maximum absolute atomic E-state index is 12.9. The van der Waals surface area contributed by atoms with Gasteiger partial charge in [-0.3, -0.25) is 4.79 Å². The molecule has 1 aliphatic carbocycles. The summed E-state index contributed by atoms with van der Waals surface area (Å²) in [6, 6.07) is 14.5. The molecule has 1 fully saturated rings. The molecule has 2 aromatic carbocycles. The van der Waals surface area contributed by atoms with E-state index in [4.69, 9.17) is 0 Å². The quantitative estimate of drug-likeness (QED) is 0.690. The minimum Gasteiger partial charge on any atom is -0.349 e. The number of amides is 1. The van der Waals surface area contributed by atoms with E-state index in [0.29, 0.717) is 6.04 Å². The van der Waals surface area contributed by atoms with Crippen molar-refractivity contribution in [3.8, 4) is 0 Å². The zero-order chi connectivity index (χ0) is 17.3. The summed E-state index contributed by atoms with van der Waals surface area (Å²) < 4.78 is 0. The van der Waals surface area contributed by atoms with Gasteiger partial charge in [0.1, 0.15) is 0 Å². The van der Waals surface area contributed by atoms with Gasteiger partial charge in [0, 0.05) is 11.6 Å². The van der Waals surface area contributed by atoms with E-state index in [0.717, 1.165) is 29.2 Å². The summed E-state index contributed by atoms with van der Waals surface area (Å²) in [6.07, 6.45) is 14.2. The molecule has 3 rings (SSSR count). The van der Waals surface area contributed by atoms with Gasteiger partial charge in [-0.15, -0.1) is 0 Å². The number of rotatable bonds is 2. The Bertz CT molecular complexity index is 661. The van der Waals surface area contributed by atoms with E-state index in [9.17, 15) is 4.79 Å². The normalized spacial score (nSPS) is 18.2. The van der Waals surface area contributed by atoms with Crippen LogP contribution in [-0.4, -0.2) is 11.9 Å². The number of hydrogen-bond acceptors (Lipinski definition) is 1. The van der Waals surface area contributed by atoms with Gasteiger partial charge in [-0.05, 0) is 29.7 Å². The third kappa shape index (κ3) is 5.32. The van der Waals surface area contributed by atoms with Crippen LogP contribution in [-0.2, 0) is 0 Å². The molecule has 0 atom stereocenters. The first kappa shape index (κ1) is 18.0. The summed E-state index contributed by atoms with van der Waals surface area (Å²) >= 11 is 0. The molecule has 25 heavy (non-hydrogen) atoms. The van der Waals surface area contributed by atoms with Gasteiger partial charge >= 0.3 is 0 Å². The maximum atomic E-state index is 12.9. The van der Waals surface area contributed by atoms with Crippen LogP contribution in [0.5, 0.6) is 0 Å². The molecule has 1 saturated carbocycles. The van der Waals surface area contributed by atoms with E-state index in [2.05, 4.69) is 17.4 Å². The molecule has 0 unspecified atom stereocenters. The Hall–Kier alpha value is -1.83. The SMILES string of the molecule is O=C(NC1CCCCCCCCCCC1)c1cccc2ccccc12. The standard InChI is InChI=1S/C23H31NO/c25-23(22-18-12-14-19-13-10-11-17-21(19)22)24-20-15-8-6-4-2-1-3-5-7-9-16-20/h10-14,17-18,20H,1-9,15-16H2,(H,24,25). The van der Waals surface area contributed by atoms with Crippen molar-refractivity contribution in [1.82, 2.24) is 5.32 Å². The van der Waals surface area contributed by atoms with E-state index in [1.165, 1.54) is 57.8 Å². The lowest BCUT2D eigenvalue weighted by atomic mass is 9.97. The van der Waals surface area contributed by atoms with Crippen molar-refractivity contribution in [2.24, 2.45) is 0 Å². The lowest BCUT2D eigenvalue weighted by molar-refractivity contribution is 0.0933. The second-order valence-corrected chi connectivity index (χ2v) is 7.46. The summed E-state index contributed by atoms with van der Waals surface area (Å²) in [7, 11) is 0. The van der Waals surface area contributed by atoms with E-state index >= 15 is 0 Å². The van der Waals surface area contributed by atoms with Crippen LogP contribution in [0, 0.1) is 0 Å². The molecule has 1 amide bonds. The predicted molar refractivity (Wildman–Crippen MR) is 106 cm³/mol. The summed E-state index contributed by atoms with van der Waals surface area (Å²) in [4.78, 5) is 12.9. The fourth-order valence-corrected chi connectivity index (χ4v) is 3.99. The molecule has 0 aliphatic heterocycles. The summed E-state index contributed by atoms with van der Waals surface area (Å²) in [5.74, 6) is 0.0916. The van der Waals surface area contributed by atoms with E-state index in [1.54, 1.807) is 0 Å². The highest BCUT2D eigenvalue weighted by Gasteiger charge is 2.15. The number of carbonyl (C=O) groups is 1. The molecule has 0 saturated heterocycles. The first-order valence-electron chi connectivity index (χ1n) is 10.1. The summed E-state index contributed by atoms with van der Waals surface area (Å²) in [5, 5.41) is 5.53. The topological polar surface area (TPSA) is 29.1 Å². The van der Waals surface area contributed by atoms with Crippen LogP contribution in [0.15, 0.2) is 42.5 Å². The fraction of sp³-hybridized carbons (Fsp3) is 0.522. The highest BCUT2D eigenvalue weighted by molar-refractivity contribution is 6.07. The minimum atomic E-state index is 0.0916. The van der Waals surface area contributed by atoms with Gasteiger partial charge in [0.05, 0.1) is 0 Å². The molecule has 134 valence electrons. The van der Waals surface area contributed by atoms with Crippen LogP contribution in [0.4, 0.5) is 0 Å². The Morgan fingerprint density at radius 1 is 0.720 bits per heavy atom. The number of carbonyl (C=O) groups excluding carboxylic acids is 1. The number of fused-ring (bicyclic) bond motifs is 1. The molecule has 0 bridgehead atoms. The van der Waals surface area contributed by atoms with Crippen molar-refractivity contribution >= 4 is 16.7 Å². The summed E-state index contributed by atoms with van der Waals surface area (Å²) in [6.45, 7) is 0. The molecule has 2 nitrogen and oxygen atoms in total. The van der Waals surface area contributed by atoms with Crippen LogP contribution in [0.25, 0.3) is 10.8 Å². The molecule has 0 radical (unpaired) electrons. The smallest absolute Gasteiger partial charge is 0.252 e. The van der Waals surface area contributed by atoms with E-state index in [-0.39, 0.29) is 5.91 Å². The van der Waals surface area contributed by atoms with E-state index in [1.807, 2.05) is 30.3 Å². The molecule has 2 aromatic rings. The third-order valence-electron chi connectivity index (χ3n) is 5.47. The molecular weight excluding hydrogens is 306 g/mol. The fourth-order valence-electron chi connectivity index (χ4n) is 3.99. The van der Waals surface area contributed by atoms with Crippen molar-refractivity contribution in [2.75, 3.05) is 0 Å². The Morgan fingerprint density at radius 3 is 1.96 bits per heavy atom. The van der Waals surface area contributed by atoms with Crippen LogP contribution in [0.1, 0.15) is 81.0 Å². The van der Waals surface area contributed by atoms with Gasteiger partial charge in [-0.25, -0.2) is 0 Å². The monoisotopic (exact) mass is 337 g/mol. The van der Waals surface area contributed by atoms with Crippen LogP contribution in [0.3, 0.4) is 0 Å². The lowest BCUT2D eigenvalue weighted by Crippen LogP contribution is -2.35. The minimum absolute atomic E-state index is 0.0916. The second-order valence-electron chi connectivity index (χ2n) is 7.46. The van der Waals surface area contributed by atoms with Gasteiger partial charge in [0.15, 0.2) is 0 Å². The number of benzene rings is 2. The largest absolute Gasteiger partial charge is 0.349 e. The molecule has 0 heterocycles. The summed E-state index contributed by atoms with van der Waals surface area (Å²) in [5.41, 5.74) is 0.809. The second kappa shape index (κ2) is 9.60. The average Bonchev–Trinajstić information content (AvgIpc) is 2.63. The first-order chi connectivity index (χ1) is 12.3. The molecule has 1 N–H and O–H groups in total. The van der Waals surface area contributed by atoms with E-state index < -0.39 is 0 Å². The van der Waals surface area contributed by atoms with Gasteiger partial charge in [0.2, 0.25) is 0 Å². The van der Waals surface area contributed by atoms with Crippen LogP contribution >= 0.6 is 0 Å². The van der Waals surface area contributed by atoms with Gasteiger partial charge in [-0.2, -0.15) is 0 Å². The highest BCUT2D eigenvalue weighted by Crippen LogP contribution is 2.20. The Balaban J connectivity index is 1.66. The van der Waals surface area contributed by atoms with Crippen molar-refractivity contribution in [3.05, 3.63) is 48.0 Å². The zero-order valence-corrected chi connectivity index (χ0v) is 15.3. The lowest BCUT2D eigenvalue weighted by Gasteiger charge is -2.20. The van der Waals surface area contributed by atoms with Crippen molar-refractivity contribution in [3.63, 3.8) is 0 Å². The number of nitrogens with one attached hydrogen (secondary N) is 1. The molecular formula is C23H31NO. The molecule has 1 aliphatic rings. The van der Waals surface area contributed by atoms with Gasteiger partial charge in [0.25, 0.3) is 5.91 Å². The maximum Gasteiger partial charge on any atom is 0.252 e. The Labute approximate surface area is 152 Å². The van der Waals surface area contributed by atoms with Crippen molar-refractivity contribution in [2.45, 2.75) is 76.7 Å². The average molecular weight is 338 g/mol. The van der Waals surface area contributed by atoms with Crippen molar-refractivity contribution in [1.29, 1.82) is 0 Å². The van der Waals surface area contributed by atoms with Gasteiger partial charge < -0.3 is 5.32 Å². The highest BCUT2D eigenvalue weighted by atomic mass is 16.1. The predicted octanol–water partition coefficient (Wildman–Crippen LogP) is 6.24. The Kier molecular flexibility index (Phi) is 6.90. The molecule has 0 aromatic heterocycles. The van der Waals surface area contributed by atoms with Crippen molar-refractivity contribution < 1.29 is 4.79 Å².